The van der Waals surface area contributed by atoms with E-state index in [1.54, 1.807) is 0 Å². The fourth-order valence-corrected chi connectivity index (χ4v) is 19.7. The predicted molar refractivity (Wildman–Crippen MR) is 279 cm³/mol. The zero-order chi connectivity index (χ0) is 45.7. The van der Waals surface area contributed by atoms with E-state index in [-0.39, 0.29) is 57.9 Å². The summed E-state index contributed by atoms with van der Waals surface area (Å²) in [5.41, 5.74) is -3.36. The normalized spacial score (nSPS) is 59.4. The Bertz CT molecular complexity index is 1830. The van der Waals surface area contributed by atoms with Crippen molar-refractivity contribution in [3.63, 3.8) is 0 Å². The maximum absolute atomic E-state index is 11.9. The Morgan fingerprint density at radius 2 is 1.00 bits per heavy atom. The first-order chi connectivity index (χ1) is 29.6. The van der Waals surface area contributed by atoms with E-state index in [1.165, 1.54) is 6.42 Å². The summed E-state index contributed by atoms with van der Waals surface area (Å²) < 4.78 is 0. The van der Waals surface area contributed by atoms with Crippen LogP contribution in [0.15, 0.2) is 0 Å². The molecule has 0 aromatic rings. The van der Waals surface area contributed by atoms with Crippen molar-refractivity contribution in [3.8, 4) is 11.8 Å². The minimum atomic E-state index is -0.960. The van der Waals surface area contributed by atoms with Gasteiger partial charge in [-0.1, -0.05) is 39.5 Å². The molecule has 12 rings (SSSR count). The molecule has 0 spiro atoms. The summed E-state index contributed by atoms with van der Waals surface area (Å²) in [6, 6.07) is 0. The number of rotatable bonds is 3. The Morgan fingerprint density at radius 3 is 1.48 bits per heavy atom. The molecule has 8 N–H and O–H groups in total. The maximum atomic E-state index is 11.9. The number of aliphatic hydroxyl groups excluding tert-OH is 4. The SMILES string of the molecule is C[C@]12CCC3C(C1[C@@H]1C[C@@H]1[C@@]2(O)C#CCO)[C@H]1C[C@H]1[C@]1(O)C[C@@H](O)CC[C@]31C.C[C@]12CCC3C(C1[C@@H]1C[C@@H]1[C@@]2(O)CCCO)[C@H]1C[C@H]1[C@]1(O)C[C@@H](O)CC[C@]31C.[I][V]([I])[I].[I][V][I]. The summed E-state index contributed by atoms with van der Waals surface area (Å²) >= 11 is 12.1. The Hall–Kier alpha value is 4.06. The van der Waals surface area contributed by atoms with E-state index in [0.717, 1.165) is 77.0 Å². The second kappa shape index (κ2) is 18.2. The summed E-state index contributed by atoms with van der Waals surface area (Å²) in [7, 11) is 0.628. The van der Waals surface area contributed by atoms with Crippen molar-refractivity contribution >= 4 is 99.9 Å². The van der Waals surface area contributed by atoms with Crippen molar-refractivity contribution in [1.82, 2.24) is 0 Å². The van der Waals surface area contributed by atoms with Crippen LogP contribution in [0.3, 0.4) is 0 Å². The molecular weight excluding hydrogens is 1440 g/mol. The molecule has 0 heterocycles. The van der Waals surface area contributed by atoms with Gasteiger partial charge in [-0.05, 0) is 183 Å². The second-order valence-corrected chi connectivity index (χ2v) is 71.2. The van der Waals surface area contributed by atoms with Crippen molar-refractivity contribution in [2.75, 3.05) is 13.2 Å². The molecule has 0 bridgehead atoms. The molecule has 12 aliphatic carbocycles. The number of hydrogen-bond acceptors (Lipinski definition) is 8. The van der Waals surface area contributed by atoms with Gasteiger partial charge in [-0.15, -0.1) is 0 Å². The van der Waals surface area contributed by atoms with Crippen LogP contribution in [0.2, 0.25) is 0 Å². The van der Waals surface area contributed by atoms with Crippen LogP contribution in [0, 0.1) is 116 Å². The molecule has 0 aromatic heterocycles. The molecule has 12 aliphatic rings. The van der Waals surface area contributed by atoms with Gasteiger partial charge in [-0.3, -0.25) is 0 Å². The number of halogens is 5. The van der Waals surface area contributed by atoms with Crippen molar-refractivity contribution in [1.29, 1.82) is 0 Å². The standard InChI is InChI=1S/C24H38O4.C24H34O4.5HI.2V/c2*1-21-7-4-13(26)12-24(21,28)17-10-14(17)19-16(21)5-8-22(2)20(19)15-11-18(15)23(22,27)6-3-9-25;;;;;;;/h13-20,25-28H,3-12H2,1-2H3;13-20,25-28H,4-5,7-12H2,1-2H3;5*1H;;/q;;;;;;;+2;+3/p-5/t2*13-,14-,15+,16?,17+,18-,19?,20?,21+,22-,23-,24+;;;;;;;/m00......./s1. The van der Waals surface area contributed by atoms with Gasteiger partial charge in [-0.2, -0.15) is 0 Å². The minimum absolute atomic E-state index is 0.0238. The zero-order valence-electron chi connectivity index (χ0n) is 37.3. The van der Waals surface area contributed by atoms with E-state index in [1.807, 2.05) is 0 Å². The van der Waals surface area contributed by atoms with Crippen molar-refractivity contribution in [2.45, 2.75) is 165 Å². The van der Waals surface area contributed by atoms with E-state index in [2.05, 4.69) is 139 Å². The first-order valence-electron chi connectivity index (χ1n) is 24.2. The molecule has 8 nitrogen and oxygen atoms in total. The van der Waals surface area contributed by atoms with E-state index >= 15 is 0 Å². The van der Waals surface area contributed by atoms with Gasteiger partial charge in [0.25, 0.3) is 0 Å². The van der Waals surface area contributed by atoms with Gasteiger partial charge in [0.05, 0.1) is 29.0 Å². The fraction of sp³-hybridized carbons (Fsp3) is 0.958. The Balaban J connectivity index is 0.000000140. The number of hydrogen-bond donors (Lipinski definition) is 8. The van der Waals surface area contributed by atoms with Crippen LogP contribution in [-0.4, -0.2) is 88.7 Å². The molecule has 0 amide bonds. The molecule has 12 saturated carbocycles. The Labute approximate surface area is 443 Å². The summed E-state index contributed by atoms with van der Waals surface area (Å²) in [4.78, 5) is -0.278. The molecule has 357 valence electrons. The predicted octanol–water partition coefficient (Wildman–Crippen LogP) is 9.09. The monoisotopic (exact) mass is 1510 g/mol. The van der Waals surface area contributed by atoms with Crippen LogP contribution in [-0.2, 0) is 14.4 Å². The van der Waals surface area contributed by atoms with Crippen LogP contribution in [0.25, 0.3) is 0 Å². The zero-order valence-corrected chi connectivity index (χ0v) is 50.9. The first kappa shape index (κ1) is 51.9. The topological polar surface area (TPSA) is 162 Å². The van der Waals surface area contributed by atoms with Crippen molar-refractivity contribution in [2.24, 2.45) is 105 Å². The van der Waals surface area contributed by atoms with E-state index < -0.39 is 22.4 Å². The molecule has 0 aromatic carbocycles. The van der Waals surface area contributed by atoms with Crippen molar-refractivity contribution < 1.29 is 55.2 Å². The quantitative estimate of drug-likeness (QED) is 0.103. The summed E-state index contributed by atoms with van der Waals surface area (Å²) in [5.74, 6) is 13.0. The molecule has 6 unspecified atom stereocenters. The average Bonchev–Trinajstić information content (AvgIpc) is 4.03. The fourth-order valence-electron chi connectivity index (χ4n) is 19.7. The molecule has 24 atom stereocenters. The van der Waals surface area contributed by atoms with Crippen LogP contribution in [0.4, 0.5) is 0 Å². The molecule has 0 saturated heterocycles. The van der Waals surface area contributed by atoms with Gasteiger partial charge in [0.1, 0.15) is 12.2 Å². The van der Waals surface area contributed by atoms with Gasteiger partial charge in [0.2, 0.25) is 0 Å². The molecular formula is C48H72I5O8V2. The van der Waals surface area contributed by atoms with Gasteiger partial charge in [0.15, 0.2) is 0 Å². The van der Waals surface area contributed by atoms with Gasteiger partial charge >= 0.3 is 114 Å². The summed E-state index contributed by atoms with van der Waals surface area (Å²) in [6.45, 7) is 9.25. The van der Waals surface area contributed by atoms with Crippen molar-refractivity contribution in [3.05, 3.63) is 0 Å². The third kappa shape index (κ3) is 7.66. The number of fused-ring (bicyclic) bond motifs is 20. The molecule has 63 heavy (non-hydrogen) atoms. The van der Waals surface area contributed by atoms with Crippen LogP contribution in [0.1, 0.15) is 130 Å². The van der Waals surface area contributed by atoms with Crippen LogP contribution in [0.5, 0.6) is 0 Å². The van der Waals surface area contributed by atoms with E-state index in [4.69, 9.17) is 0 Å². The van der Waals surface area contributed by atoms with E-state index in [9.17, 15) is 40.9 Å². The molecule has 0 aliphatic heterocycles. The third-order valence-corrected chi connectivity index (χ3v) is 22.5. The van der Waals surface area contributed by atoms with Gasteiger partial charge in [0, 0.05) is 30.8 Å². The first-order valence-corrected chi connectivity index (χ1v) is 46.8. The average molecular weight is 1510 g/mol. The molecule has 0 radical (unpaired) electrons. The van der Waals surface area contributed by atoms with Gasteiger partial charge in [-0.25, -0.2) is 0 Å². The molecule has 12 fully saturated rings. The third-order valence-electron chi connectivity index (χ3n) is 22.5. The molecule has 15 heteroatoms. The van der Waals surface area contributed by atoms with Crippen LogP contribution < -0.4 is 0 Å². The van der Waals surface area contributed by atoms with Crippen LogP contribution >= 0.6 is 99.9 Å². The second-order valence-electron chi connectivity index (χ2n) is 24.1. The van der Waals surface area contributed by atoms with Gasteiger partial charge < -0.3 is 40.9 Å². The Kier molecular flexibility index (Phi) is 15.0. The Morgan fingerprint density at radius 1 is 0.587 bits per heavy atom. The summed E-state index contributed by atoms with van der Waals surface area (Å²) in [6.07, 6.45) is 14.0. The summed E-state index contributed by atoms with van der Waals surface area (Å²) in [5, 5.41) is 86.5. The van der Waals surface area contributed by atoms with E-state index in [0.29, 0.717) is 106 Å². The number of aliphatic hydroxyl groups is 8.